The van der Waals surface area contributed by atoms with E-state index < -0.39 is 5.79 Å². The van der Waals surface area contributed by atoms with Crippen LogP contribution in [0.25, 0.3) is 0 Å². The normalized spacial score (nSPS) is 36.0. The van der Waals surface area contributed by atoms with Crippen molar-refractivity contribution in [3.63, 3.8) is 0 Å². The molecule has 70 valence electrons. The lowest BCUT2D eigenvalue weighted by molar-refractivity contribution is -0.194. The Labute approximate surface area is 72.6 Å². The van der Waals surface area contributed by atoms with Crippen LogP contribution in [0.4, 0.5) is 0 Å². The van der Waals surface area contributed by atoms with Crippen LogP contribution < -0.4 is 5.73 Å². The molecule has 0 saturated carbocycles. The van der Waals surface area contributed by atoms with E-state index in [0.29, 0.717) is 13.2 Å². The monoisotopic (exact) mass is 172 g/mol. The van der Waals surface area contributed by atoms with Crippen molar-refractivity contribution in [2.75, 3.05) is 33.4 Å². The minimum atomic E-state index is -0.452. The van der Waals surface area contributed by atoms with Gasteiger partial charge in [-0.3, -0.25) is 0 Å². The van der Waals surface area contributed by atoms with Crippen LogP contribution in [-0.4, -0.2) is 50.1 Å². The predicted octanol–water partition coefficient (Wildman–Crippen LogP) is -0.608. The molecular weight excluding hydrogens is 156 g/mol. The van der Waals surface area contributed by atoms with Crippen LogP contribution in [0, 0.1) is 0 Å². The highest BCUT2D eigenvalue weighted by atomic mass is 16.7. The maximum Gasteiger partial charge on any atom is 0.186 e. The zero-order valence-electron chi connectivity index (χ0n) is 7.45. The standard InChI is InChI=1S/C8H16N2O2/c1-10-3-2-8(7(9)6-10)11-4-5-12-8/h7H,2-6,9H2,1H3. The molecule has 1 unspecified atom stereocenters. The molecule has 0 aromatic heterocycles. The van der Waals surface area contributed by atoms with Crippen LogP contribution in [0.2, 0.25) is 0 Å². The Hall–Kier alpha value is -0.160. The highest BCUT2D eigenvalue weighted by molar-refractivity contribution is 4.92. The Morgan fingerprint density at radius 2 is 2.08 bits per heavy atom. The quantitative estimate of drug-likeness (QED) is 0.529. The third-order valence-electron chi connectivity index (χ3n) is 2.69. The Balaban J connectivity index is 2.05. The summed E-state index contributed by atoms with van der Waals surface area (Å²) in [5.41, 5.74) is 5.97. The molecule has 2 aliphatic heterocycles. The molecule has 0 bridgehead atoms. The summed E-state index contributed by atoms with van der Waals surface area (Å²) in [5.74, 6) is -0.452. The summed E-state index contributed by atoms with van der Waals surface area (Å²) in [5, 5.41) is 0. The van der Waals surface area contributed by atoms with Crippen molar-refractivity contribution in [3.8, 4) is 0 Å². The second kappa shape index (κ2) is 2.96. The molecule has 0 aromatic rings. The van der Waals surface area contributed by atoms with E-state index in [2.05, 4.69) is 11.9 Å². The first kappa shape index (κ1) is 8.44. The zero-order valence-corrected chi connectivity index (χ0v) is 7.45. The number of nitrogens with zero attached hydrogens (tertiary/aromatic N) is 1. The van der Waals surface area contributed by atoms with E-state index in [1.807, 2.05) is 0 Å². The van der Waals surface area contributed by atoms with Crippen molar-refractivity contribution >= 4 is 0 Å². The summed E-state index contributed by atoms with van der Waals surface area (Å²) in [6.45, 7) is 3.25. The van der Waals surface area contributed by atoms with Gasteiger partial charge in [-0.05, 0) is 7.05 Å². The minimum Gasteiger partial charge on any atom is -0.346 e. The van der Waals surface area contributed by atoms with Gasteiger partial charge in [-0.15, -0.1) is 0 Å². The molecule has 2 heterocycles. The average molecular weight is 172 g/mol. The fourth-order valence-electron chi connectivity index (χ4n) is 1.93. The maximum atomic E-state index is 5.97. The number of ether oxygens (including phenoxy) is 2. The molecule has 1 spiro atoms. The SMILES string of the molecule is CN1CCC2(OCCO2)C(N)C1. The van der Waals surface area contributed by atoms with E-state index in [4.69, 9.17) is 15.2 Å². The first-order chi connectivity index (χ1) is 5.73. The van der Waals surface area contributed by atoms with E-state index in [1.165, 1.54) is 0 Å². The van der Waals surface area contributed by atoms with Crippen molar-refractivity contribution in [3.05, 3.63) is 0 Å². The summed E-state index contributed by atoms with van der Waals surface area (Å²) in [7, 11) is 2.07. The lowest BCUT2D eigenvalue weighted by Gasteiger charge is -2.40. The van der Waals surface area contributed by atoms with Gasteiger partial charge in [-0.25, -0.2) is 0 Å². The van der Waals surface area contributed by atoms with Crippen LogP contribution in [0.3, 0.4) is 0 Å². The summed E-state index contributed by atoms with van der Waals surface area (Å²) in [4.78, 5) is 2.21. The van der Waals surface area contributed by atoms with Crippen molar-refractivity contribution in [1.29, 1.82) is 0 Å². The molecule has 2 N–H and O–H groups in total. The lowest BCUT2D eigenvalue weighted by atomic mass is 9.99. The fraction of sp³-hybridized carbons (Fsp3) is 1.00. The predicted molar refractivity (Wildman–Crippen MR) is 44.7 cm³/mol. The molecule has 4 nitrogen and oxygen atoms in total. The number of hydrogen-bond donors (Lipinski definition) is 1. The van der Waals surface area contributed by atoms with Gasteiger partial charge in [0.05, 0.1) is 19.3 Å². The first-order valence-electron chi connectivity index (χ1n) is 4.45. The van der Waals surface area contributed by atoms with Gasteiger partial charge in [-0.2, -0.15) is 0 Å². The van der Waals surface area contributed by atoms with Gasteiger partial charge in [0.1, 0.15) is 0 Å². The molecular formula is C8H16N2O2. The number of hydrogen-bond acceptors (Lipinski definition) is 4. The smallest absolute Gasteiger partial charge is 0.186 e. The van der Waals surface area contributed by atoms with Gasteiger partial charge in [0, 0.05) is 19.5 Å². The number of nitrogens with two attached hydrogens (primary N) is 1. The van der Waals surface area contributed by atoms with Crippen LogP contribution in [0.1, 0.15) is 6.42 Å². The molecule has 1 atom stereocenters. The van der Waals surface area contributed by atoms with E-state index >= 15 is 0 Å². The van der Waals surface area contributed by atoms with Gasteiger partial charge < -0.3 is 20.1 Å². The number of piperidine rings is 1. The van der Waals surface area contributed by atoms with Crippen molar-refractivity contribution in [2.24, 2.45) is 5.73 Å². The van der Waals surface area contributed by atoms with Crippen LogP contribution in [0.15, 0.2) is 0 Å². The molecule has 2 aliphatic rings. The van der Waals surface area contributed by atoms with Gasteiger partial charge in [-0.1, -0.05) is 0 Å². The second-order valence-electron chi connectivity index (χ2n) is 3.63. The Bertz CT molecular complexity index is 168. The summed E-state index contributed by atoms with van der Waals surface area (Å²) >= 11 is 0. The third kappa shape index (κ3) is 1.25. The Morgan fingerprint density at radius 1 is 1.42 bits per heavy atom. The first-order valence-corrected chi connectivity index (χ1v) is 4.45. The van der Waals surface area contributed by atoms with Gasteiger partial charge in [0.25, 0.3) is 0 Å². The Kier molecular flexibility index (Phi) is 2.08. The van der Waals surface area contributed by atoms with Gasteiger partial charge in [0.2, 0.25) is 0 Å². The second-order valence-corrected chi connectivity index (χ2v) is 3.63. The minimum absolute atomic E-state index is 0.00116. The van der Waals surface area contributed by atoms with Crippen LogP contribution in [-0.2, 0) is 9.47 Å². The largest absolute Gasteiger partial charge is 0.346 e. The molecule has 0 aromatic carbocycles. The van der Waals surface area contributed by atoms with Crippen molar-refractivity contribution < 1.29 is 9.47 Å². The molecule has 4 heteroatoms. The zero-order chi connectivity index (χ0) is 8.60. The molecule has 0 amide bonds. The van der Waals surface area contributed by atoms with Gasteiger partial charge >= 0.3 is 0 Å². The van der Waals surface area contributed by atoms with E-state index in [0.717, 1.165) is 19.5 Å². The van der Waals surface area contributed by atoms with Crippen molar-refractivity contribution in [1.82, 2.24) is 4.90 Å². The summed E-state index contributed by atoms with van der Waals surface area (Å²) < 4.78 is 11.1. The average Bonchev–Trinajstić information content (AvgIpc) is 2.48. The van der Waals surface area contributed by atoms with E-state index in [1.54, 1.807) is 0 Å². The third-order valence-corrected chi connectivity index (χ3v) is 2.69. The fourth-order valence-corrected chi connectivity index (χ4v) is 1.93. The van der Waals surface area contributed by atoms with Crippen LogP contribution in [0.5, 0.6) is 0 Å². The van der Waals surface area contributed by atoms with Gasteiger partial charge in [0.15, 0.2) is 5.79 Å². The highest BCUT2D eigenvalue weighted by Crippen LogP contribution is 2.29. The maximum absolute atomic E-state index is 5.97. The van der Waals surface area contributed by atoms with E-state index in [9.17, 15) is 0 Å². The van der Waals surface area contributed by atoms with E-state index in [-0.39, 0.29) is 6.04 Å². The summed E-state index contributed by atoms with van der Waals surface area (Å²) in [6.07, 6.45) is 0.894. The Morgan fingerprint density at radius 3 is 2.67 bits per heavy atom. The molecule has 2 fully saturated rings. The number of rotatable bonds is 0. The van der Waals surface area contributed by atoms with Crippen molar-refractivity contribution in [2.45, 2.75) is 18.2 Å². The molecule has 0 radical (unpaired) electrons. The molecule has 0 aliphatic carbocycles. The number of likely N-dealkylation sites (tertiary alicyclic amines) is 1. The topological polar surface area (TPSA) is 47.7 Å². The van der Waals surface area contributed by atoms with Crippen LogP contribution >= 0.6 is 0 Å². The molecule has 2 rings (SSSR count). The lowest BCUT2D eigenvalue weighted by Crippen LogP contribution is -2.59. The molecule has 12 heavy (non-hydrogen) atoms. The molecule has 2 saturated heterocycles. The summed E-state index contributed by atoms with van der Waals surface area (Å²) in [6, 6.07) is -0.00116. The highest BCUT2D eigenvalue weighted by Gasteiger charge is 2.45. The number of likely N-dealkylation sites (N-methyl/N-ethyl adjacent to an activating group) is 1.